The zero-order valence-corrected chi connectivity index (χ0v) is 11.7. The van der Waals surface area contributed by atoms with Gasteiger partial charge in [-0.3, -0.25) is 0 Å². The summed E-state index contributed by atoms with van der Waals surface area (Å²) in [6.07, 6.45) is 1.90. The number of imidazole rings is 1. The second-order valence-corrected chi connectivity index (χ2v) is 6.54. The average molecular weight is 286 g/mol. The second kappa shape index (κ2) is 5.17. The van der Waals surface area contributed by atoms with Gasteiger partial charge in [-0.1, -0.05) is 0 Å². The number of sulfonamides is 1. The largest absolute Gasteiger partial charge is 0.332 e. The Labute approximate surface area is 110 Å². The molecule has 2 N–H and O–H groups in total. The summed E-state index contributed by atoms with van der Waals surface area (Å²) in [5.74, 6) is 0.575. The van der Waals surface area contributed by atoms with Gasteiger partial charge in [-0.25, -0.2) is 23.1 Å². The maximum absolute atomic E-state index is 11.8. The molecular weight excluding hydrogens is 272 g/mol. The maximum Gasteiger partial charge on any atom is 0.257 e. The van der Waals surface area contributed by atoms with Crippen LogP contribution in [0.3, 0.4) is 0 Å². The molecule has 0 spiro atoms. The highest BCUT2D eigenvalue weighted by Gasteiger charge is 2.15. The third-order valence-electron chi connectivity index (χ3n) is 2.27. The zero-order chi connectivity index (χ0) is 13.2. The van der Waals surface area contributed by atoms with Gasteiger partial charge in [-0.15, -0.1) is 11.3 Å². The van der Waals surface area contributed by atoms with Crippen molar-refractivity contribution in [2.75, 3.05) is 6.54 Å². The van der Waals surface area contributed by atoms with Crippen LogP contribution < -0.4 is 4.72 Å². The van der Waals surface area contributed by atoms with Gasteiger partial charge in [0.25, 0.3) is 10.0 Å². The first kappa shape index (κ1) is 13.2. The molecule has 0 aromatic carbocycles. The van der Waals surface area contributed by atoms with Crippen molar-refractivity contribution in [3.63, 3.8) is 0 Å². The monoisotopic (exact) mass is 286 g/mol. The van der Waals surface area contributed by atoms with E-state index in [9.17, 15) is 8.42 Å². The van der Waals surface area contributed by atoms with E-state index in [2.05, 4.69) is 19.7 Å². The number of nitrogens with zero attached hydrogens (tertiary/aromatic N) is 2. The van der Waals surface area contributed by atoms with Crippen LogP contribution in [-0.2, 0) is 16.4 Å². The number of rotatable bonds is 5. The molecule has 2 aromatic heterocycles. The Balaban J connectivity index is 1.93. The summed E-state index contributed by atoms with van der Waals surface area (Å²) in [5.41, 5.74) is 0.960. The fourth-order valence-corrected chi connectivity index (χ4v) is 3.20. The smallest absolute Gasteiger partial charge is 0.257 e. The van der Waals surface area contributed by atoms with Crippen LogP contribution in [0.5, 0.6) is 0 Å². The number of nitrogens with one attached hydrogen (secondary N) is 2. The molecule has 8 heteroatoms. The fourth-order valence-electron chi connectivity index (χ4n) is 1.42. The molecule has 0 unspecified atom stereocenters. The highest BCUT2D eigenvalue weighted by atomic mass is 32.2. The highest BCUT2D eigenvalue weighted by Crippen LogP contribution is 2.09. The van der Waals surface area contributed by atoms with Crippen LogP contribution in [-0.4, -0.2) is 29.9 Å². The predicted octanol–water partition coefficient (Wildman–Crippen LogP) is 1.00. The minimum absolute atomic E-state index is 0.0929. The Kier molecular flexibility index (Phi) is 3.79. The third kappa shape index (κ3) is 3.15. The summed E-state index contributed by atoms with van der Waals surface area (Å²) in [6.45, 7) is 3.95. The van der Waals surface area contributed by atoms with Gasteiger partial charge < -0.3 is 4.98 Å². The van der Waals surface area contributed by atoms with Crippen molar-refractivity contribution >= 4 is 21.4 Å². The summed E-state index contributed by atoms with van der Waals surface area (Å²) in [6, 6.07) is 0. The standard InChI is InChI=1S/C10H14N4O2S2/c1-7-6-17-9(13-7)3-4-12-18(15,16)10-5-11-8(2)14-10/h5-6,12H,3-4H2,1-2H3,(H,11,14). The van der Waals surface area contributed by atoms with Gasteiger partial charge in [-0.2, -0.15) is 0 Å². The Hall–Kier alpha value is -1.25. The van der Waals surface area contributed by atoms with Gasteiger partial charge in [0.05, 0.1) is 11.2 Å². The predicted molar refractivity (Wildman–Crippen MR) is 69.1 cm³/mol. The van der Waals surface area contributed by atoms with E-state index in [1.165, 1.54) is 17.5 Å². The Morgan fingerprint density at radius 3 is 2.78 bits per heavy atom. The van der Waals surface area contributed by atoms with Crippen LogP contribution in [0.1, 0.15) is 16.5 Å². The quantitative estimate of drug-likeness (QED) is 0.858. The molecule has 0 atom stereocenters. The van der Waals surface area contributed by atoms with Crippen LogP contribution in [0.25, 0.3) is 0 Å². The molecule has 0 amide bonds. The van der Waals surface area contributed by atoms with Crippen molar-refractivity contribution in [3.8, 4) is 0 Å². The van der Waals surface area contributed by atoms with Crippen LogP contribution in [0, 0.1) is 13.8 Å². The van der Waals surface area contributed by atoms with E-state index in [1.807, 2.05) is 12.3 Å². The molecule has 18 heavy (non-hydrogen) atoms. The third-order valence-corrected chi connectivity index (χ3v) is 4.66. The lowest BCUT2D eigenvalue weighted by molar-refractivity contribution is 0.578. The summed E-state index contributed by atoms with van der Waals surface area (Å²) >= 11 is 1.53. The molecule has 0 radical (unpaired) electrons. The molecule has 2 heterocycles. The summed E-state index contributed by atoms with van der Waals surface area (Å²) in [4.78, 5) is 10.8. The lowest BCUT2D eigenvalue weighted by Crippen LogP contribution is -2.26. The number of aromatic amines is 1. The first-order valence-electron chi connectivity index (χ1n) is 5.39. The molecule has 0 bridgehead atoms. The molecule has 0 aliphatic heterocycles. The van der Waals surface area contributed by atoms with E-state index in [0.717, 1.165) is 10.7 Å². The highest BCUT2D eigenvalue weighted by molar-refractivity contribution is 7.89. The zero-order valence-electron chi connectivity index (χ0n) is 10.1. The van der Waals surface area contributed by atoms with E-state index in [-0.39, 0.29) is 5.03 Å². The van der Waals surface area contributed by atoms with E-state index in [1.54, 1.807) is 6.92 Å². The molecule has 0 saturated heterocycles. The number of H-pyrrole nitrogens is 1. The summed E-state index contributed by atoms with van der Waals surface area (Å²) in [7, 11) is -3.49. The topological polar surface area (TPSA) is 87.7 Å². The fraction of sp³-hybridized carbons (Fsp3) is 0.400. The number of thiazole rings is 1. The molecular formula is C10H14N4O2S2. The summed E-state index contributed by atoms with van der Waals surface area (Å²) in [5, 5.41) is 2.97. The second-order valence-electron chi connectivity index (χ2n) is 3.86. The SMILES string of the molecule is Cc1csc(CCNS(=O)(=O)c2cnc(C)[nH]2)n1. The first-order valence-corrected chi connectivity index (χ1v) is 7.76. The molecule has 6 nitrogen and oxygen atoms in total. The summed E-state index contributed by atoms with van der Waals surface area (Å²) < 4.78 is 26.2. The lowest BCUT2D eigenvalue weighted by atomic mass is 10.4. The molecule has 2 rings (SSSR count). The van der Waals surface area contributed by atoms with Gasteiger partial charge >= 0.3 is 0 Å². The van der Waals surface area contributed by atoms with E-state index >= 15 is 0 Å². The van der Waals surface area contributed by atoms with Gasteiger partial charge in [0.15, 0.2) is 5.03 Å². The lowest BCUT2D eigenvalue weighted by Gasteiger charge is -2.02. The van der Waals surface area contributed by atoms with E-state index < -0.39 is 10.0 Å². The molecule has 0 aliphatic rings. The van der Waals surface area contributed by atoms with Crippen molar-refractivity contribution in [2.24, 2.45) is 0 Å². The van der Waals surface area contributed by atoms with Crippen molar-refractivity contribution in [1.29, 1.82) is 0 Å². The number of aryl methyl sites for hydroxylation is 2. The van der Waals surface area contributed by atoms with E-state index in [0.29, 0.717) is 18.8 Å². The van der Waals surface area contributed by atoms with Gasteiger partial charge in [-0.05, 0) is 13.8 Å². The van der Waals surface area contributed by atoms with Crippen molar-refractivity contribution in [1.82, 2.24) is 19.7 Å². The molecule has 2 aromatic rings. The number of hydrogen-bond acceptors (Lipinski definition) is 5. The average Bonchev–Trinajstić information content (AvgIpc) is 2.88. The van der Waals surface area contributed by atoms with Crippen molar-refractivity contribution < 1.29 is 8.42 Å². The number of hydrogen-bond donors (Lipinski definition) is 2. The van der Waals surface area contributed by atoms with Crippen LogP contribution in [0.15, 0.2) is 16.6 Å². The Morgan fingerprint density at radius 2 is 2.22 bits per heavy atom. The molecule has 0 saturated carbocycles. The molecule has 0 aliphatic carbocycles. The normalized spacial score (nSPS) is 11.9. The van der Waals surface area contributed by atoms with Crippen molar-refractivity contribution in [3.05, 3.63) is 28.1 Å². The van der Waals surface area contributed by atoms with Gasteiger partial charge in [0, 0.05) is 24.0 Å². The minimum atomic E-state index is -3.49. The number of aromatic nitrogens is 3. The van der Waals surface area contributed by atoms with Crippen LogP contribution >= 0.6 is 11.3 Å². The molecule has 0 fully saturated rings. The Bertz CT molecular complexity index is 630. The van der Waals surface area contributed by atoms with Gasteiger partial charge in [0.1, 0.15) is 5.82 Å². The van der Waals surface area contributed by atoms with Crippen LogP contribution in [0.4, 0.5) is 0 Å². The van der Waals surface area contributed by atoms with Crippen molar-refractivity contribution in [2.45, 2.75) is 25.3 Å². The minimum Gasteiger partial charge on any atom is -0.332 e. The van der Waals surface area contributed by atoms with E-state index in [4.69, 9.17) is 0 Å². The Morgan fingerprint density at radius 1 is 1.44 bits per heavy atom. The molecule has 98 valence electrons. The van der Waals surface area contributed by atoms with Crippen LogP contribution in [0.2, 0.25) is 0 Å². The maximum atomic E-state index is 11.8. The first-order chi connectivity index (χ1) is 8.47. The van der Waals surface area contributed by atoms with Gasteiger partial charge in [0.2, 0.25) is 0 Å².